The van der Waals surface area contributed by atoms with Gasteiger partial charge in [-0.3, -0.25) is 4.79 Å². The van der Waals surface area contributed by atoms with Gasteiger partial charge in [0.2, 0.25) is 0 Å². The van der Waals surface area contributed by atoms with E-state index < -0.39 is 0 Å². The van der Waals surface area contributed by atoms with E-state index in [1.54, 1.807) is 0 Å². The minimum Gasteiger partial charge on any atom is -0.349 e. The highest BCUT2D eigenvalue weighted by Crippen LogP contribution is 2.21. The highest BCUT2D eigenvalue weighted by Gasteiger charge is 2.16. The largest absolute Gasteiger partial charge is 0.349 e. The fourth-order valence-electron chi connectivity index (χ4n) is 1.41. The molecule has 0 radical (unpaired) electrons. The van der Waals surface area contributed by atoms with Crippen molar-refractivity contribution in [2.45, 2.75) is 12.8 Å². The Hall–Kier alpha value is -1.22. The lowest BCUT2D eigenvalue weighted by atomic mass is 10.1. The molecule has 0 aliphatic carbocycles. The first-order valence-corrected chi connectivity index (χ1v) is 4.60. The van der Waals surface area contributed by atoms with E-state index in [1.165, 1.54) is 0 Å². The van der Waals surface area contributed by atoms with E-state index in [4.69, 9.17) is 12.2 Å². The van der Waals surface area contributed by atoms with Gasteiger partial charge in [-0.25, -0.2) is 0 Å². The molecule has 3 heteroatoms. The summed E-state index contributed by atoms with van der Waals surface area (Å²) >= 11 is 5.06. The van der Waals surface area contributed by atoms with Crippen molar-refractivity contribution < 1.29 is 4.79 Å². The summed E-state index contributed by atoms with van der Waals surface area (Å²) < 4.78 is 0. The van der Waals surface area contributed by atoms with Crippen LogP contribution in [0.4, 0.5) is 5.69 Å². The summed E-state index contributed by atoms with van der Waals surface area (Å²) in [7, 11) is 0. The zero-order valence-corrected chi connectivity index (χ0v) is 7.86. The van der Waals surface area contributed by atoms with Crippen molar-refractivity contribution in [3.63, 3.8) is 0 Å². The summed E-state index contributed by atoms with van der Waals surface area (Å²) in [6.45, 7) is 0. The van der Waals surface area contributed by atoms with E-state index in [9.17, 15) is 4.79 Å². The number of rotatable bonds is 0. The number of anilines is 1. The molecule has 1 N–H and O–H groups in total. The summed E-state index contributed by atoms with van der Waals surface area (Å²) in [4.78, 5) is 12.3. The van der Waals surface area contributed by atoms with Crippen LogP contribution >= 0.6 is 12.2 Å². The van der Waals surface area contributed by atoms with E-state index in [0.717, 1.165) is 16.2 Å². The molecule has 0 saturated carbocycles. The molecule has 0 amide bonds. The van der Waals surface area contributed by atoms with Crippen LogP contribution in [-0.4, -0.2) is 10.8 Å². The van der Waals surface area contributed by atoms with Gasteiger partial charge >= 0.3 is 0 Å². The number of ketones is 1. The van der Waals surface area contributed by atoms with Crippen LogP contribution in [0.15, 0.2) is 24.3 Å². The Bertz CT molecular complexity index is 373. The summed E-state index contributed by atoms with van der Waals surface area (Å²) in [5, 5.41) is 3.06. The maximum Gasteiger partial charge on any atom is 0.165 e. The number of carbonyl (C=O) groups excluding carboxylic acids is 1. The molecule has 0 saturated heterocycles. The monoisotopic (exact) mass is 191 g/mol. The smallest absolute Gasteiger partial charge is 0.165 e. The number of para-hydroxylation sites is 1. The molecule has 0 fully saturated rings. The Balaban J connectivity index is 2.49. The predicted molar refractivity (Wildman–Crippen MR) is 56.2 cm³/mol. The maximum atomic E-state index is 11.6. The maximum absolute atomic E-state index is 11.6. The average Bonchev–Trinajstić information content (AvgIpc) is 2.27. The zero-order chi connectivity index (χ0) is 9.26. The zero-order valence-electron chi connectivity index (χ0n) is 7.04. The third-order valence-corrected chi connectivity index (χ3v) is 2.39. The Morgan fingerprint density at radius 3 is 2.85 bits per heavy atom. The first-order valence-electron chi connectivity index (χ1n) is 4.19. The van der Waals surface area contributed by atoms with Crippen LogP contribution in [0.5, 0.6) is 0 Å². The third-order valence-electron chi connectivity index (χ3n) is 2.08. The normalized spacial score (nSPS) is 16.0. The van der Waals surface area contributed by atoms with Gasteiger partial charge in [0.05, 0.1) is 4.99 Å². The second kappa shape index (κ2) is 3.26. The highest BCUT2D eigenvalue weighted by atomic mass is 32.1. The molecule has 0 atom stereocenters. The summed E-state index contributed by atoms with van der Waals surface area (Å²) in [5.41, 5.74) is 1.59. The molecule has 2 rings (SSSR count). The summed E-state index contributed by atoms with van der Waals surface area (Å²) in [6.07, 6.45) is 1.17. The number of fused-ring (bicyclic) bond motifs is 1. The molecule has 0 spiro atoms. The summed E-state index contributed by atoms with van der Waals surface area (Å²) in [6, 6.07) is 7.48. The molecule has 0 aromatic heterocycles. The highest BCUT2D eigenvalue weighted by molar-refractivity contribution is 7.80. The van der Waals surface area contributed by atoms with Crippen LogP contribution in [0.3, 0.4) is 0 Å². The number of hydrogen-bond acceptors (Lipinski definition) is 2. The van der Waals surface area contributed by atoms with Gasteiger partial charge < -0.3 is 5.32 Å². The minimum atomic E-state index is 0.169. The van der Waals surface area contributed by atoms with Gasteiger partial charge in [-0.15, -0.1) is 0 Å². The molecule has 1 aliphatic rings. The van der Waals surface area contributed by atoms with Crippen molar-refractivity contribution in [3.8, 4) is 0 Å². The molecular weight excluding hydrogens is 182 g/mol. The van der Waals surface area contributed by atoms with Gasteiger partial charge in [-0.2, -0.15) is 0 Å². The molecule has 1 heterocycles. The van der Waals surface area contributed by atoms with Gasteiger partial charge in [0.1, 0.15) is 0 Å². The van der Waals surface area contributed by atoms with Crippen molar-refractivity contribution >= 4 is 28.7 Å². The van der Waals surface area contributed by atoms with Crippen molar-refractivity contribution in [3.05, 3.63) is 29.8 Å². The minimum absolute atomic E-state index is 0.169. The van der Waals surface area contributed by atoms with Crippen LogP contribution in [0.25, 0.3) is 0 Å². The number of thiocarbonyl (C=S) groups is 1. The predicted octanol–water partition coefficient (Wildman–Crippen LogP) is 2.40. The molecule has 66 valence electrons. The molecule has 1 aromatic rings. The second-order valence-electron chi connectivity index (χ2n) is 3.02. The number of carbonyl (C=O) groups is 1. The lowest BCUT2D eigenvalue weighted by Gasteiger charge is -2.04. The molecular formula is C10H9NOS. The van der Waals surface area contributed by atoms with Crippen LogP contribution in [0.2, 0.25) is 0 Å². The van der Waals surface area contributed by atoms with E-state index >= 15 is 0 Å². The van der Waals surface area contributed by atoms with E-state index in [0.29, 0.717) is 12.8 Å². The van der Waals surface area contributed by atoms with Gasteiger partial charge in [0, 0.05) is 24.1 Å². The lowest BCUT2D eigenvalue weighted by Crippen LogP contribution is -2.06. The second-order valence-corrected chi connectivity index (χ2v) is 3.51. The number of Topliss-reactive ketones (excluding diaryl/α,β-unsaturated/α-hetero) is 1. The average molecular weight is 191 g/mol. The first-order chi connectivity index (χ1) is 6.27. The lowest BCUT2D eigenvalue weighted by molar-refractivity contribution is 0.0986. The standard InChI is InChI=1S/C10H9NOS/c12-9-5-6-10(13)11-8-4-2-1-3-7(8)9/h1-4H,5-6H2,(H,11,13). The van der Waals surface area contributed by atoms with Crippen molar-refractivity contribution in [2.24, 2.45) is 0 Å². The SMILES string of the molecule is O=C1CCC(=S)Nc2ccccc21. The number of hydrogen-bond donors (Lipinski definition) is 1. The van der Waals surface area contributed by atoms with E-state index in [-0.39, 0.29) is 5.78 Å². The van der Waals surface area contributed by atoms with Gasteiger partial charge in [-0.1, -0.05) is 24.4 Å². The Morgan fingerprint density at radius 2 is 2.00 bits per heavy atom. The van der Waals surface area contributed by atoms with Crippen LogP contribution in [0.1, 0.15) is 23.2 Å². The fourth-order valence-corrected chi connectivity index (χ4v) is 1.62. The van der Waals surface area contributed by atoms with Crippen LogP contribution in [0, 0.1) is 0 Å². The first kappa shape index (κ1) is 8.38. The van der Waals surface area contributed by atoms with E-state index in [2.05, 4.69) is 5.32 Å². The van der Waals surface area contributed by atoms with Gasteiger partial charge in [0.25, 0.3) is 0 Å². The fraction of sp³-hybridized carbons (Fsp3) is 0.200. The van der Waals surface area contributed by atoms with Gasteiger partial charge in [0.15, 0.2) is 5.78 Å². The van der Waals surface area contributed by atoms with Crippen LogP contribution < -0.4 is 5.32 Å². The van der Waals surface area contributed by atoms with Crippen molar-refractivity contribution in [1.29, 1.82) is 0 Å². The van der Waals surface area contributed by atoms with E-state index in [1.807, 2.05) is 24.3 Å². The molecule has 13 heavy (non-hydrogen) atoms. The third kappa shape index (κ3) is 1.60. The molecule has 0 bridgehead atoms. The Morgan fingerprint density at radius 1 is 1.23 bits per heavy atom. The summed E-state index contributed by atoms with van der Waals surface area (Å²) in [5.74, 6) is 0.169. The molecule has 1 aromatic carbocycles. The number of nitrogens with one attached hydrogen (secondary N) is 1. The topological polar surface area (TPSA) is 29.1 Å². The van der Waals surface area contributed by atoms with Crippen molar-refractivity contribution in [1.82, 2.24) is 0 Å². The van der Waals surface area contributed by atoms with Gasteiger partial charge in [-0.05, 0) is 12.1 Å². The Labute approximate surface area is 82.0 Å². The Kier molecular flexibility index (Phi) is 2.10. The van der Waals surface area contributed by atoms with Crippen molar-refractivity contribution in [2.75, 3.05) is 5.32 Å². The number of benzene rings is 1. The van der Waals surface area contributed by atoms with Crippen LogP contribution in [-0.2, 0) is 0 Å². The molecule has 1 aliphatic heterocycles. The molecule has 2 nitrogen and oxygen atoms in total. The molecule has 0 unspecified atom stereocenters. The quantitative estimate of drug-likeness (QED) is 0.638.